The second kappa shape index (κ2) is 6.35. The van der Waals surface area contributed by atoms with Crippen molar-refractivity contribution in [2.45, 2.75) is 19.8 Å². The van der Waals surface area contributed by atoms with Gasteiger partial charge < -0.3 is 16.0 Å². The molecule has 0 aromatic heterocycles. The number of likely N-dealkylation sites (tertiary alicyclic amines) is 1. The fourth-order valence-electron chi connectivity index (χ4n) is 1.90. The van der Waals surface area contributed by atoms with Gasteiger partial charge in [0.05, 0.1) is 0 Å². The van der Waals surface area contributed by atoms with Gasteiger partial charge in [0.15, 0.2) is 0 Å². The molecule has 0 aliphatic carbocycles. The maximum Gasteiger partial charge on any atom is 0.00222 e. The molecule has 3 heteroatoms. The summed E-state index contributed by atoms with van der Waals surface area (Å²) in [5.74, 6) is 0.873. The molecule has 1 aliphatic rings. The van der Waals surface area contributed by atoms with Gasteiger partial charge in [0.2, 0.25) is 0 Å². The second-order valence-corrected chi connectivity index (χ2v) is 3.89. The highest BCUT2D eigenvalue weighted by molar-refractivity contribution is 4.76. The van der Waals surface area contributed by atoms with E-state index in [0.29, 0.717) is 0 Å². The average Bonchev–Trinajstić information content (AvgIpc) is 2.60. The molecule has 1 saturated heterocycles. The zero-order valence-electron chi connectivity index (χ0n) is 8.76. The van der Waals surface area contributed by atoms with E-state index in [1.807, 2.05) is 0 Å². The number of nitrogens with two attached hydrogens (primary N) is 1. The van der Waals surface area contributed by atoms with Gasteiger partial charge in [0, 0.05) is 6.54 Å². The minimum atomic E-state index is 0.804. The van der Waals surface area contributed by atoms with Crippen molar-refractivity contribution in [3.8, 4) is 0 Å². The molecule has 0 aromatic carbocycles. The largest absolute Gasteiger partial charge is 0.330 e. The van der Waals surface area contributed by atoms with Crippen molar-refractivity contribution < 1.29 is 0 Å². The summed E-state index contributed by atoms with van der Waals surface area (Å²) in [5.41, 5.74) is 5.42. The molecule has 0 spiro atoms. The lowest BCUT2D eigenvalue weighted by Gasteiger charge is -2.13. The van der Waals surface area contributed by atoms with Crippen LogP contribution in [0.1, 0.15) is 19.8 Å². The van der Waals surface area contributed by atoms with E-state index in [4.69, 9.17) is 5.73 Å². The zero-order chi connectivity index (χ0) is 9.52. The Labute approximate surface area is 81.7 Å². The minimum Gasteiger partial charge on any atom is -0.330 e. The molecular weight excluding hydrogens is 162 g/mol. The third-order valence-corrected chi connectivity index (χ3v) is 2.81. The summed E-state index contributed by atoms with van der Waals surface area (Å²) < 4.78 is 0. The number of rotatable bonds is 6. The molecule has 0 saturated carbocycles. The van der Waals surface area contributed by atoms with Gasteiger partial charge in [-0.25, -0.2) is 0 Å². The van der Waals surface area contributed by atoms with Crippen molar-refractivity contribution in [2.75, 3.05) is 39.3 Å². The number of hydrogen-bond donors (Lipinski definition) is 2. The molecule has 1 aliphatic heterocycles. The van der Waals surface area contributed by atoms with Gasteiger partial charge >= 0.3 is 0 Å². The smallest absolute Gasteiger partial charge is 0.00222 e. The van der Waals surface area contributed by atoms with E-state index in [0.717, 1.165) is 25.4 Å². The number of hydrogen-bond acceptors (Lipinski definition) is 3. The summed E-state index contributed by atoms with van der Waals surface area (Å²) in [6, 6.07) is 0. The Morgan fingerprint density at radius 2 is 2.38 bits per heavy atom. The van der Waals surface area contributed by atoms with E-state index in [1.54, 1.807) is 0 Å². The molecule has 1 unspecified atom stereocenters. The maximum atomic E-state index is 5.42. The van der Waals surface area contributed by atoms with E-state index < -0.39 is 0 Å². The molecule has 0 radical (unpaired) electrons. The number of nitrogens with zero attached hydrogens (tertiary/aromatic N) is 1. The van der Waals surface area contributed by atoms with Gasteiger partial charge in [0.25, 0.3) is 0 Å². The minimum absolute atomic E-state index is 0.804. The van der Waals surface area contributed by atoms with Crippen LogP contribution in [0.2, 0.25) is 0 Å². The standard InChI is InChI=1S/C10H23N3/c1-2-13-7-4-10(9-13)8-12-6-3-5-11/h10,12H,2-9,11H2,1H3. The van der Waals surface area contributed by atoms with Gasteiger partial charge in [-0.05, 0) is 51.5 Å². The lowest BCUT2D eigenvalue weighted by Crippen LogP contribution is -2.27. The highest BCUT2D eigenvalue weighted by Crippen LogP contribution is 2.14. The topological polar surface area (TPSA) is 41.3 Å². The Kier molecular flexibility index (Phi) is 5.35. The van der Waals surface area contributed by atoms with Gasteiger partial charge in [-0.3, -0.25) is 0 Å². The molecule has 0 aromatic rings. The molecule has 3 nitrogen and oxygen atoms in total. The van der Waals surface area contributed by atoms with Crippen LogP contribution in [0.4, 0.5) is 0 Å². The van der Waals surface area contributed by atoms with E-state index in [-0.39, 0.29) is 0 Å². The van der Waals surface area contributed by atoms with E-state index >= 15 is 0 Å². The van der Waals surface area contributed by atoms with Crippen LogP contribution in [0.3, 0.4) is 0 Å². The number of nitrogens with one attached hydrogen (secondary N) is 1. The Bertz CT molecular complexity index is 127. The summed E-state index contributed by atoms with van der Waals surface area (Å²) >= 11 is 0. The average molecular weight is 185 g/mol. The molecular formula is C10H23N3. The molecule has 1 rings (SSSR count). The Morgan fingerprint density at radius 1 is 1.54 bits per heavy atom. The molecule has 1 heterocycles. The molecule has 78 valence electrons. The van der Waals surface area contributed by atoms with Crippen molar-refractivity contribution >= 4 is 0 Å². The predicted octanol–water partition coefficient (Wildman–Crippen LogP) is 0.267. The highest BCUT2D eigenvalue weighted by Gasteiger charge is 2.19. The Morgan fingerprint density at radius 3 is 3.00 bits per heavy atom. The van der Waals surface area contributed by atoms with Gasteiger partial charge in [-0.15, -0.1) is 0 Å². The van der Waals surface area contributed by atoms with Crippen molar-refractivity contribution in [1.82, 2.24) is 10.2 Å². The Balaban J connectivity index is 1.97. The van der Waals surface area contributed by atoms with Gasteiger partial charge in [-0.1, -0.05) is 6.92 Å². The van der Waals surface area contributed by atoms with Crippen LogP contribution in [-0.2, 0) is 0 Å². The van der Waals surface area contributed by atoms with Crippen molar-refractivity contribution in [2.24, 2.45) is 11.7 Å². The normalized spacial score (nSPS) is 24.0. The van der Waals surface area contributed by atoms with Gasteiger partial charge in [0.1, 0.15) is 0 Å². The third-order valence-electron chi connectivity index (χ3n) is 2.81. The maximum absolute atomic E-state index is 5.42. The predicted molar refractivity (Wildman–Crippen MR) is 56.8 cm³/mol. The van der Waals surface area contributed by atoms with Crippen LogP contribution in [0, 0.1) is 5.92 Å². The summed E-state index contributed by atoms with van der Waals surface area (Å²) in [4.78, 5) is 2.52. The van der Waals surface area contributed by atoms with Crippen molar-refractivity contribution in [3.63, 3.8) is 0 Å². The summed E-state index contributed by atoms with van der Waals surface area (Å²) in [6.07, 6.45) is 2.47. The van der Waals surface area contributed by atoms with Crippen LogP contribution in [0.15, 0.2) is 0 Å². The van der Waals surface area contributed by atoms with Crippen LogP contribution >= 0.6 is 0 Å². The zero-order valence-corrected chi connectivity index (χ0v) is 8.76. The first-order valence-electron chi connectivity index (χ1n) is 5.50. The first kappa shape index (κ1) is 11.0. The van der Waals surface area contributed by atoms with Crippen LogP contribution in [0.25, 0.3) is 0 Å². The summed E-state index contributed by atoms with van der Waals surface area (Å²) in [5, 5.41) is 3.47. The molecule has 1 fully saturated rings. The first-order chi connectivity index (χ1) is 6.36. The molecule has 3 N–H and O–H groups in total. The SMILES string of the molecule is CCN1CCC(CNCCCN)C1. The summed E-state index contributed by atoms with van der Waals surface area (Å²) in [6.45, 7) is 9.09. The summed E-state index contributed by atoms with van der Waals surface area (Å²) in [7, 11) is 0. The fourth-order valence-corrected chi connectivity index (χ4v) is 1.90. The van der Waals surface area contributed by atoms with E-state index in [9.17, 15) is 0 Å². The van der Waals surface area contributed by atoms with Crippen LogP contribution in [0.5, 0.6) is 0 Å². The van der Waals surface area contributed by atoms with Crippen molar-refractivity contribution in [1.29, 1.82) is 0 Å². The molecule has 13 heavy (non-hydrogen) atoms. The molecule has 0 bridgehead atoms. The van der Waals surface area contributed by atoms with Gasteiger partial charge in [-0.2, -0.15) is 0 Å². The fraction of sp³-hybridized carbons (Fsp3) is 1.00. The Hall–Kier alpha value is -0.120. The quantitative estimate of drug-likeness (QED) is 0.584. The third kappa shape index (κ3) is 4.07. The lowest BCUT2D eigenvalue weighted by atomic mass is 10.1. The van der Waals surface area contributed by atoms with Crippen LogP contribution < -0.4 is 11.1 Å². The lowest BCUT2D eigenvalue weighted by molar-refractivity contribution is 0.339. The molecule has 0 amide bonds. The van der Waals surface area contributed by atoms with E-state index in [1.165, 1.54) is 32.6 Å². The van der Waals surface area contributed by atoms with E-state index in [2.05, 4.69) is 17.1 Å². The second-order valence-electron chi connectivity index (χ2n) is 3.89. The van der Waals surface area contributed by atoms with Crippen molar-refractivity contribution in [3.05, 3.63) is 0 Å². The van der Waals surface area contributed by atoms with Crippen LogP contribution in [-0.4, -0.2) is 44.2 Å². The first-order valence-corrected chi connectivity index (χ1v) is 5.50. The molecule has 1 atom stereocenters. The monoisotopic (exact) mass is 185 g/mol. The highest BCUT2D eigenvalue weighted by atomic mass is 15.1.